The van der Waals surface area contributed by atoms with Crippen molar-refractivity contribution >= 4 is 6.03 Å². The van der Waals surface area contributed by atoms with Crippen LogP contribution in [0.15, 0.2) is 36.7 Å². The summed E-state index contributed by atoms with van der Waals surface area (Å²) in [6.45, 7) is 3.96. The van der Waals surface area contributed by atoms with Crippen LogP contribution in [-0.2, 0) is 24.2 Å². The second-order valence-electron chi connectivity index (χ2n) is 6.23. The summed E-state index contributed by atoms with van der Waals surface area (Å²) >= 11 is 0. The maximum atomic E-state index is 12.2. The molecular weight excluding hydrogens is 304 g/mol. The number of rotatable bonds is 6. The highest BCUT2D eigenvalue weighted by molar-refractivity contribution is 5.74. The number of urea groups is 1. The molecular formula is C18H24N4O2. The molecule has 1 heterocycles. The van der Waals surface area contributed by atoms with Crippen LogP contribution in [0.25, 0.3) is 0 Å². The fourth-order valence-corrected chi connectivity index (χ4v) is 3.18. The summed E-state index contributed by atoms with van der Waals surface area (Å²) < 4.78 is 6.84. The van der Waals surface area contributed by atoms with Crippen molar-refractivity contribution in [3.8, 4) is 0 Å². The van der Waals surface area contributed by atoms with Crippen molar-refractivity contribution in [2.45, 2.75) is 38.4 Å². The Bertz CT molecular complexity index is 698. The Morgan fingerprint density at radius 2 is 2.25 bits per heavy atom. The maximum absolute atomic E-state index is 12.2. The average molecular weight is 328 g/mol. The molecule has 128 valence electrons. The summed E-state index contributed by atoms with van der Waals surface area (Å²) in [7, 11) is 1.67. The van der Waals surface area contributed by atoms with E-state index in [1.807, 2.05) is 10.9 Å². The van der Waals surface area contributed by atoms with Crippen LogP contribution < -0.4 is 10.6 Å². The number of methoxy groups -OCH3 is 1. The summed E-state index contributed by atoms with van der Waals surface area (Å²) in [6, 6.07) is 8.40. The molecule has 6 nitrogen and oxygen atoms in total. The molecule has 3 rings (SSSR count). The number of aromatic nitrogens is 2. The molecule has 2 atom stereocenters. The zero-order valence-corrected chi connectivity index (χ0v) is 14.2. The molecule has 6 heteroatoms. The van der Waals surface area contributed by atoms with Crippen molar-refractivity contribution in [2.75, 3.05) is 13.7 Å². The predicted molar refractivity (Wildman–Crippen MR) is 91.8 cm³/mol. The van der Waals surface area contributed by atoms with Gasteiger partial charge in [0, 0.05) is 37.4 Å². The van der Waals surface area contributed by atoms with E-state index < -0.39 is 0 Å². The monoisotopic (exact) mass is 328 g/mol. The van der Waals surface area contributed by atoms with Gasteiger partial charge in [0.1, 0.15) is 0 Å². The van der Waals surface area contributed by atoms with Gasteiger partial charge in [0.2, 0.25) is 0 Å². The first kappa shape index (κ1) is 16.5. The number of nitrogens with zero attached hydrogens (tertiary/aromatic N) is 2. The number of hydrogen-bond acceptors (Lipinski definition) is 3. The van der Waals surface area contributed by atoms with E-state index in [1.54, 1.807) is 13.3 Å². The quantitative estimate of drug-likeness (QED) is 0.853. The number of benzene rings is 1. The number of carbonyl (C=O) groups is 1. The maximum Gasteiger partial charge on any atom is 0.315 e. The lowest BCUT2D eigenvalue weighted by molar-refractivity contribution is 0.183. The highest BCUT2D eigenvalue weighted by atomic mass is 16.5. The van der Waals surface area contributed by atoms with Gasteiger partial charge in [0.05, 0.1) is 19.3 Å². The van der Waals surface area contributed by atoms with Gasteiger partial charge in [-0.15, -0.1) is 0 Å². The largest absolute Gasteiger partial charge is 0.383 e. The lowest BCUT2D eigenvalue weighted by Crippen LogP contribution is -2.43. The number of ether oxygens (including phenoxy) is 1. The van der Waals surface area contributed by atoms with Gasteiger partial charge in [-0.25, -0.2) is 4.79 Å². The molecule has 0 aliphatic heterocycles. The predicted octanol–water partition coefficient (Wildman–Crippen LogP) is 2.06. The smallest absolute Gasteiger partial charge is 0.315 e. The molecule has 0 unspecified atom stereocenters. The van der Waals surface area contributed by atoms with Crippen molar-refractivity contribution in [2.24, 2.45) is 0 Å². The molecule has 1 aliphatic carbocycles. The first-order valence-electron chi connectivity index (χ1n) is 8.30. The number of amides is 2. The fourth-order valence-electron chi connectivity index (χ4n) is 3.18. The van der Waals surface area contributed by atoms with Gasteiger partial charge in [0.25, 0.3) is 0 Å². The average Bonchev–Trinajstić information content (AvgIpc) is 3.17. The van der Waals surface area contributed by atoms with E-state index in [0.717, 1.165) is 12.0 Å². The molecule has 2 amide bonds. The SMILES string of the molecule is COCCn1cc(CNC(=O)N[C@@H]2Cc3ccccc3[C@@H]2C)cn1. The Morgan fingerprint density at radius 3 is 3.04 bits per heavy atom. The lowest BCUT2D eigenvalue weighted by Gasteiger charge is -2.18. The van der Waals surface area contributed by atoms with Crippen LogP contribution in [-0.4, -0.2) is 35.6 Å². The summed E-state index contributed by atoms with van der Waals surface area (Å²) in [6.07, 6.45) is 4.58. The number of carbonyl (C=O) groups excluding carboxylic acids is 1. The summed E-state index contributed by atoms with van der Waals surface area (Å²) in [4.78, 5) is 12.2. The van der Waals surface area contributed by atoms with E-state index in [4.69, 9.17) is 4.74 Å². The standard InChI is InChI=1S/C18H24N4O2/c1-13-16-6-4-3-5-15(16)9-17(13)21-18(23)19-10-14-11-20-22(12-14)7-8-24-2/h3-6,11-13,17H,7-10H2,1-2H3,(H2,19,21,23)/t13-,17+/m0/s1. The molecule has 0 bridgehead atoms. The molecule has 1 aromatic carbocycles. The van der Waals surface area contributed by atoms with E-state index >= 15 is 0 Å². The topological polar surface area (TPSA) is 68.2 Å². The zero-order chi connectivity index (χ0) is 16.9. The van der Waals surface area contributed by atoms with Gasteiger partial charge in [-0.2, -0.15) is 5.10 Å². The second kappa shape index (κ2) is 7.49. The third kappa shape index (κ3) is 3.76. The Labute approximate surface area is 142 Å². The van der Waals surface area contributed by atoms with Crippen LogP contribution in [0.2, 0.25) is 0 Å². The van der Waals surface area contributed by atoms with Crippen LogP contribution >= 0.6 is 0 Å². The molecule has 0 saturated carbocycles. The third-order valence-corrected chi connectivity index (χ3v) is 4.57. The summed E-state index contributed by atoms with van der Waals surface area (Å²) in [5, 5.41) is 10.2. The molecule has 1 aromatic heterocycles. The molecule has 0 radical (unpaired) electrons. The molecule has 0 fully saturated rings. The van der Waals surface area contributed by atoms with Gasteiger partial charge in [-0.05, 0) is 17.5 Å². The highest BCUT2D eigenvalue weighted by Gasteiger charge is 2.29. The second-order valence-corrected chi connectivity index (χ2v) is 6.23. The highest BCUT2D eigenvalue weighted by Crippen LogP contribution is 2.32. The van der Waals surface area contributed by atoms with E-state index in [-0.39, 0.29) is 12.1 Å². The van der Waals surface area contributed by atoms with Gasteiger partial charge >= 0.3 is 6.03 Å². The van der Waals surface area contributed by atoms with E-state index in [2.05, 4.69) is 46.9 Å². The van der Waals surface area contributed by atoms with Crippen LogP contribution in [0.4, 0.5) is 4.79 Å². The Balaban J connectivity index is 1.47. The number of fused-ring (bicyclic) bond motifs is 1. The number of hydrogen-bond donors (Lipinski definition) is 2. The van der Waals surface area contributed by atoms with Crippen LogP contribution in [0.3, 0.4) is 0 Å². The van der Waals surface area contributed by atoms with Gasteiger partial charge in [0.15, 0.2) is 0 Å². The van der Waals surface area contributed by atoms with Crippen molar-refractivity contribution < 1.29 is 9.53 Å². The molecule has 0 saturated heterocycles. The zero-order valence-electron chi connectivity index (χ0n) is 14.2. The van der Waals surface area contributed by atoms with Gasteiger partial charge in [-0.3, -0.25) is 4.68 Å². The fraction of sp³-hybridized carbons (Fsp3) is 0.444. The third-order valence-electron chi connectivity index (χ3n) is 4.57. The normalized spacial score (nSPS) is 19.1. The van der Waals surface area contributed by atoms with Crippen molar-refractivity contribution in [3.05, 3.63) is 53.3 Å². The van der Waals surface area contributed by atoms with Gasteiger partial charge in [-0.1, -0.05) is 31.2 Å². The Morgan fingerprint density at radius 1 is 1.42 bits per heavy atom. The van der Waals surface area contributed by atoms with E-state index in [9.17, 15) is 4.79 Å². The molecule has 24 heavy (non-hydrogen) atoms. The lowest BCUT2D eigenvalue weighted by atomic mass is 10.0. The minimum Gasteiger partial charge on any atom is -0.383 e. The summed E-state index contributed by atoms with van der Waals surface area (Å²) in [5.74, 6) is 0.337. The molecule has 2 N–H and O–H groups in total. The van der Waals surface area contributed by atoms with Crippen LogP contribution in [0, 0.1) is 0 Å². The molecule has 1 aliphatic rings. The van der Waals surface area contributed by atoms with E-state index in [0.29, 0.717) is 25.6 Å². The van der Waals surface area contributed by atoms with Crippen molar-refractivity contribution in [1.82, 2.24) is 20.4 Å². The van der Waals surface area contributed by atoms with Gasteiger partial charge < -0.3 is 15.4 Å². The first-order chi connectivity index (χ1) is 11.7. The molecule has 2 aromatic rings. The van der Waals surface area contributed by atoms with E-state index in [1.165, 1.54) is 11.1 Å². The van der Waals surface area contributed by atoms with Crippen LogP contribution in [0.1, 0.15) is 29.5 Å². The Hall–Kier alpha value is -2.34. The summed E-state index contributed by atoms with van der Waals surface area (Å²) in [5.41, 5.74) is 3.64. The first-order valence-corrected chi connectivity index (χ1v) is 8.30. The van der Waals surface area contributed by atoms with Crippen molar-refractivity contribution in [3.63, 3.8) is 0 Å². The molecule has 0 spiro atoms. The minimum atomic E-state index is -0.135. The Kier molecular flexibility index (Phi) is 5.15. The van der Waals surface area contributed by atoms with Crippen molar-refractivity contribution in [1.29, 1.82) is 0 Å². The number of nitrogens with one attached hydrogen (secondary N) is 2. The van der Waals surface area contributed by atoms with Crippen LogP contribution in [0.5, 0.6) is 0 Å². The minimum absolute atomic E-state index is 0.135.